The van der Waals surface area contributed by atoms with Gasteiger partial charge in [-0.1, -0.05) is 13.8 Å². The van der Waals surface area contributed by atoms with Gasteiger partial charge in [-0.15, -0.1) is 0 Å². The molecule has 19 heavy (non-hydrogen) atoms. The average Bonchev–Trinajstić information content (AvgIpc) is 3.20. The molecular weight excluding hydrogens is 306 g/mol. The first-order valence-corrected chi connectivity index (χ1v) is 7.46. The highest BCUT2D eigenvalue weighted by atomic mass is 79.9. The van der Waals surface area contributed by atoms with E-state index in [1.807, 2.05) is 23.1 Å². The zero-order chi connectivity index (χ0) is 14.0. The first kappa shape index (κ1) is 14.4. The van der Waals surface area contributed by atoms with Crippen molar-refractivity contribution in [2.45, 2.75) is 32.7 Å². The minimum absolute atomic E-state index is 0.0991. The molecule has 1 fully saturated rings. The van der Waals surface area contributed by atoms with Gasteiger partial charge in [0.25, 0.3) is 5.91 Å². The lowest BCUT2D eigenvalue weighted by molar-refractivity contribution is 0.0721. The van der Waals surface area contributed by atoms with E-state index >= 15 is 0 Å². The van der Waals surface area contributed by atoms with Crippen LogP contribution in [0.5, 0.6) is 5.75 Å². The Balaban J connectivity index is 2.25. The van der Waals surface area contributed by atoms with E-state index in [1.54, 1.807) is 7.11 Å². The second-order valence-corrected chi connectivity index (χ2v) is 6.28. The van der Waals surface area contributed by atoms with Crippen LogP contribution in [0.1, 0.15) is 37.0 Å². The summed E-state index contributed by atoms with van der Waals surface area (Å²) < 4.78 is 6.03. The highest BCUT2D eigenvalue weighted by Crippen LogP contribution is 2.31. The van der Waals surface area contributed by atoms with Crippen molar-refractivity contribution in [3.05, 3.63) is 28.2 Å². The Morgan fingerprint density at radius 1 is 1.47 bits per heavy atom. The third kappa shape index (κ3) is 3.50. The van der Waals surface area contributed by atoms with Gasteiger partial charge in [-0.3, -0.25) is 4.79 Å². The number of ether oxygens (including phenoxy) is 1. The number of hydrogen-bond acceptors (Lipinski definition) is 2. The monoisotopic (exact) mass is 325 g/mol. The summed E-state index contributed by atoms with van der Waals surface area (Å²) in [6, 6.07) is 5.95. The van der Waals surface area contributed by atoms with Crippen molar-refractivity contribution in [3.8, 4) is 5.75 Å². The van der Waals surface area contributed by atoms with E-state index in [-0.39, 0.29) is 5.91 Å². The second-order valence-electron chi connectivity index (χ2n) is 5.43. The fourth-order valence-corrected chi connectivity index (χ4v) is 2.54. The van der Waals surface area contributed by atoms with Crippen molar-refractivity contribution in [2.75, 3.05) is 13.7 Å². The van der Waals surface area contributed by atoms with Gasteiger partial charge in [0.05, 0.1) is 12.7 Å². The molecule has 1 aliphatic carbocycles. The predicted molar refractivity (Wildman–Crippen MR) is 79.6 cm³/mol. The highest BCUT2D eigenvalue weighted by Gasteiger charge is 2.34. The number of methoxy groups -OCH3 is 1. The summed E-state index contributed by atoms with van der Waals surface area (Å²) in [4.78, 5) is 14.7. The number of carbonyl (C=O) groups is 1. The van der Waals surface area contributed by atoms with Crippen LogP contribution in [0.2, 0.25) is 0 Å². The molecule has 0 bridgehead atoms. The molecule has 0 aromatic heterocycles. The van der Waals surface area contributed by atoms with Crippen LogP contribution in [-0.4, -0.2) is 30.5 Å². The Morgan fingerprint density at radius 3 is 2.68 bits per heavy atom. The van der Waals surface area contributed by atoms with Gasteiger partial charge < -0.3 is 9.64 Å². The lowest BCUT2D eigenvalue weighted by Gasteiger charge is -2.25. The van der Waals surface area contributed by atoms with Gasteiger partial charge in [0.1, 0.15) is 5.75 Å². The maximum atomic E-state index is 12.7. The van der Waals surface area contributed by atoms with Gasteiger partial charge >= 0.3 is 0 Å². The number of hydrogen-bond donors (Lipinski definition) is 0. The number of amides is 1. The quantitative estimate of drug-likeness (QED) is 0.825. The molecule has 0 N–H and O–H groups in total. The van der Waals surface area contributed by atoms with Crippen LogP contribution in [0, 0.1) is 5.92 Å². The summed E-state index contributed by atoms with van der Waals surface area (Å²) in [5.41, 5.74) is 0.687. The average molecular weight is 326 g/mol. The van der Waals surface area contributed by atoms with Crippen molar-refractivity contribution < 1.29 is 9.53 Å². The molecule has 1 amide bonds. The van der Waals surface area contributed by atoms with Crippen LogP contribution in [0.25, 0.3) is 0 Å². The largest absolute Gasteiger partial charge is 0.497 e. The smallest absolute Gasteiger partial charge is 0.255 e. The van der Waals surface area contributed by atoms with Crippen molar-refractivity contribution in [2.24, 2.45) is 5.92 Å². The van der Waals surface area contributed by atoms with Gasteiger partial charge in [0.15, 0.2) is 0 Å². The standard InChI is InChI=1S/C15H20BrNO2/c1-10(2)9-17(11-4-5-11)15(18)13-8-12(19-3)6-7-14(13)16/h6-8,10-11H,4-5,9H2,1-3H3. The van der Waals surface area contributed by atoms with Gasteiger partial charge in [0, 0.05) is 17.1 Å². The molecule has 0 heterocycles. The third-order valence-corrected chi connectivity index (χ3v) is 3.91. The normalized spacial score (nSPS) is 14.6. The maximum Gasteiger partial charge on any atom is 0.255 e. The van der Waals surface area contributed by atoms with Crippen LogP contribution in [-0.2, 0) is 0 Å². The molecule has 3 nitrogen and oxygen atoms in total. The second kappa shape index (κ2) is 5.95. The van der Waals surface area contributed by atoms with Crippen LogP contribution in [0.4, 0.5) is 0 Å². The van der Waals surface area contributed by atoms with E-state index in [4.69, 9.17) is 4.74 Å². The molecule has 0 saturated heterocycles. The summed E-state index contributed by atoms with van der Waals surface area (Å²) in [7, 11) is 1.62. The van der Waals surface area contributed by atoms with Crippen molar-refractivity contribution in [3.63, 3.8) is 0 Å². The highest BCUT2D eigenvalue weighted by molar-refractivity contribution is 9.10. The number of benzene rings is 1. The maximum absolute atomic E-state index is 12.7. The fourth-order valence-electron chi connectivity index (χ4n) is 2.13. The van der Waals surface area contributed by atoms with Crippen LogP contribution in [0.15, 0.2) is 22.7 Å². The van der Waals surface area contributed by atoms with Gasteiger partial charge in [-0.2, -0.15) is 0 Å². The molecular formula is C15H20BrNO2. The van der Waals surface area contributed by atoms with Crippen LogP contribution in [0.3, 0.4) is 0 Å². The van der Waals surface area contributed by atoms with Gasteiger partial charge in [0.2, 0.25) is 0 Å². The number of nitrogens with zero attached hydrogens (tertiary/aromatic N) is 1. The molecule has 2 rings (SSSR count). The van der Waals surface area contributed by atoms with E-state index in [0.29, 0.717) is 23.3 Å². The molecule has 0 atom stereocenters. The zero-order valence-corrected chi connectivity index (χ0v) is 13.2. The molecule has 0 unspecified atom stereocenters. The lowest BCUT2D eigenvalue weighted by Crippen LogP contribution is -2.36. The minimum atomic E-state index is 0.0991. The number of rotatable bonds is 5. The van der Waals surface area contributed by atoms with E-state index in [2.05, 4.69) is 29.8 Å². The molecule has 0 aliphatic heterocycles. The Bertz CT molecular complexity index is 469. The van der Waals surface area contributed by atoms with E-state index in [1.165, 1.54) is 0 Å². The first-order valence-electron chi connectivity index (χ1n) is 6.67. The van der Waals surface area contributed by atoms with Crippen molar-refractivity contribution in [1.82, 2.24) is 4.90 Å². The predicted octanol–water partition coefficient (Wildman–Crippen LogP) is 3.72. The summed E-state index contributed by atoms with van der Waals surface area (Å²) >= 11 is 3.46. The molecule has 0 radical (unpaired) electrons. The molecule has 1 aromatic carbocycles. The van der Waals surface area contributed by atoms with Crippen LogP contribution < -0.4 is 4.74 Å². The van der Waals surface area contributed by atoms with Gasteiger partial charge in [-0.05, 0) is 52.9 Å². The first-order chi connectivity index (χ1) is 9.02. The zero-order valence-electron chi connectivity index (χ0n) is 11.6. The van der Waals surface area contributed by atoms with E-state index < -0.39 is 0 Å². The lowest BCUT2D eigenvalue weighted by atomic mass is 10.1. The molecule has 0 spiro atoms. The third-order valence-electron chi connectivity index (χ3n) is 3.21. The summed E-state index contributed by atoms with van der Waals surface area (Å²) in [6.45, 7) is 5.10. The summed E-state index contributed by atoms with van der Waals surface area (Å²) in [5.74, 6) is 1.29. The van der Waals surface area contributed by atoms with Crippen molar-refractivity contribution in [1.29, 1.82) is 0 Å². The Hall–Kier alpha value is -1.03. The summed E-state index contributed by atoms with van der Waals surface area (Å²) in [5, 5.41) is 0. The van der Waals surface area contributed by atoms with Gasteiger partial charge in [-0.25, -0.2) is 0 Å². The molecule has 1 aromatic rings. The van der Waals surface area contributed by atoms with Crippen molar-refractivity contribution >= 4 is 21.8 Å². The Kier molecular flexibility index (Phi) is 4.50. The Labute approximate surface area is 123 Å². The molecule has 104 valence electrons. The minimum Gasteiger partial charge on any atom is -0.497 e. The molecule has 1 saturated carbocycles. The Morgan fingerprint density at radius 2 is 2.16 bits per heavy atom. The number of halogens is 1. The van der Waals surface area contributed by atoms with E-state index in [0.717, 1.165) is 23.9 Å². The topological polar surface area (TPSA) is 29.5 Å². The SMILES string of the molecule is COc1ccc(Br)c(C(=O)N(CC(C)C)C2CC2)c1. The number of carbonyl (C=O) groups excluding carboxylic acids is 1. The fraction of sp³-hybridized carbons (Fsp3) is 0.533. The summed E-state index contributed by atoms with van der Waals surface area (Å²) in [6.07, 6.45) is 2.25. The molecule has 1 aliphatic rings. The molecule has 4 heteroatoms. The van der Waals surface area contributed by atoms with E-state index in [9.17, 15) is 4.79 Å². The van der Waals surface area contributed by atoms with Crippen LogP contribution >= 0.6 is 15.9 Å².